The minimum atomic E-state index is -1.07. The topological polar surface area (TPSA) is 121 Å². The number of nitriles is 1. The summed E-state index contributed by atoms with van der Waals surface area (Å²) in [6, 6.07) is 26.5. The van der Waals surface area contributed by atoms with Crippen LogP contribution in [0.2, 0.25) is 0 Å². The molecule has 0 aliphatic carbocycles. The van der Waals surface area contributed by atoms with Gasteiger partial charge >= 0.3 is 5.97 Å². The Morgan fingerprint density at radius 2 is 1.72 bits per heavy atom. The number of fused-ring (bicyclic) bond motifs is 1. The Labute approximate surface area is 205 Å². The molecule has 0 saturated heterocycles. The summed E-state index contributed by atoms with van der Waals surface area (Å²) < 4.78 is 7.67. The van der Waals surface area contributed by atoms with Gasteiger partial charge in [0.25, 0.3) is 5.91 Å². The molecule has 174 valence electrons. The van der Waals surface area contributed by atoms with E-state index in [1.165, 1.54) is 30.3 Å². The molecule has 0 aliphatic heterocycles. The summed E-state index contributed by atoms with van der Waals surface area (Å²) in [5, 5.41) is 27.0. The molecule has 8 nitrogen and oxygen atoms in total. The molecule has 5 aromatic rings. The SMILES string of the molecule is N#CC(=Cc1cn(-c2ccccc2)nc1-c1cc2ccccc2o1)C(=O)Nc1ccc(C(=O)O)cc1. The molecule has 2 heterocycles. The number of hydrogen-bond donors (Lipinski definition) is 2. The van der Waals surface area contributed by atoms with Crippen LogP contribution in [0.15, 0.2) is 101 Å². The monoisotopic (exact) mass is 474 g/mol. The standard InChI is InChI=1S/C28H18N4O4/c29-16-20(27(33)30-22-12-10-18(11-13-22)28(34)35)14-21-17-32(23-7-2-1-3-8-23)31-26(21)25-15-19-6-4-5-9-24(19)36-25/h1-15,17H,(H,30,33)(H,34,35). The predicted octanol–water partition coefficient (Wildman–Crippen LogP) is 5.53. The number of aromatic nitrogens is 2. The van der Waals surface area contributed by atoms with Gasteiger partial charge in [0.05, 0.1) is 11.3 Å². The molecule has 1 amide bonds. The Hall–Kier alpha value is -5.42. The zero-order chi connectivity index (χ0) is 25.1. The molecule has 0 aliphatic rings. The van der Waals surface area contributed by atoms with Crippen molar-refractivity contribution in [2.75, 3.05) is 5.32 Å². The number of carbonyl (C=O) groups is 2. The van der Waals surface area contributed by atoms with Gasteiger partial charge in [-0.2, -0.15) is 10.4 Å². The first kappa shape index (κ1) is 22.4. The molecule has 5 rings (SSSR count). The number of benzene rings is 3. The van der Waals surface area contributed by atoms with Crippen LogP contribution in [0.25, 0.3) is 34.2 Å². The number of amides is 1. The fourth-order valence-electron chi connectivity index (χ4n) is 3.69. The van der Waals surface area contributed by atoms with E-state index in [2.05, 4.69) is 10.4 Å². The lowest BCUT2D eigenvalue weighted by Crippen LogP contribution is -2.13. The van der Waals surface area contributed by atoms with E-state index in [0.29, 0.717) is 28.3 Å². The summed E-state index contributed by atoms with van der Waals surface area (Å²) in [7, 11) is 0. The van der Waals surface area contributed by atoms with E-state index in [-0.39, 0.29) is 11.1 Å². The maximum atomic E-state index is 12.9. The molecule has 0 bridgehead atoms. The Morgan fingerprint density at radius 1 is 1.00 bits per heavy atom. The van der Waals surface area contributed by atoms with Gasteiger partial charge in [0.2, 0.25) is 0 Å². The number of nitrogens with one attached hydrogen (secondary N) is 1. The zero-order valence-corrected chi connectivity index (χ0v) is 18.8. The fourth-order valence-corrected chi connectivity index (χ4v) is 3.69. The minimum Gasteiger partial charge on any atom is -0.478 e. The maximum Gasteiger partial charge on any atom is 0.335 e. The molecule has 2 aromatic heterocycles. The number of rotatable bonds is 6. The second-order valence-electron chi connectivity index (χ2n) is 7.87. The van der Waals surface area contributed by atoms with Crippen LogP contribution in [0.4, 0.5) is 5.69 Å². The number of hydrogen-bond acceptors (Lipinski definition) is 5. The van der Waals surface area contributed by atoms with E-state index in [4.69, 9.17) is 9.52 Å². The Kier molecular flexibility index (Phi) is 5.87. The van der Waals surface area contributed by atoms with E-state index in [9.17, 15) is 14.9 Å². The molecule has 36 heavy (non-hydrogen) atoms. The highest BCUT2D eigenvalue weighted by atomic mass is 16.4. The van der Waals surface area contributed by atoms with Crippen LogP contribution in [0.1, 0.15) is 15.9 Å². The Bertz CT molecular complexity index is 1620. The van der Waals surface area contributed by atoms with Crippen molar-refractivity contribution in [2.24, 2.45) is 0 Å². The van der Waals surface area contributed by atoms with E-state index >= 15 is 0 Å². The molecule has 0 fully saturated rings. The fraction of sp³-hybridized carbons (Fsp3) is 0. The van der Waals surface area contributed by atoms with Gasteiger partial charge in [0.1, 0.15) is 22.9 Å². The normalized spacial score (nSPS) is 11.2. The second-order valence-corrected chi connectivity index (χ2v) is 7.87. The minimum absolute atomic E-state index is 0.0906. The highest BCUT2D eigenvalue weighted by Crippen LogP contribution is 2.31. The van der Waals surface area contributed by atoms with Gasteiger partial charge in [-0.3, -0.25) is 4.79 Å². The maximum absolute atomic E-state index is 12.9. The first-order valence-corrected chi connectivity index (χ1v) is 10.9. The lowest BCUT2D eigenvalue weighted by molar-refractivity contribution is -0.112. The van der Waals surface area contributed by atoms with Crippen molar-refractivity contribution >= 4 is 34.6 Å². The summed E-state index contributed by atoms with van der Waals surface area (Å²) in [5.41, 5.74) is 2.79. The van der Waals surface area contributed by atoms with Crippen LogP contribution in [0.5, 0.6) is 0 Å². The van der Waals surface area contributed by atoms with Crippen LogP contribution in [-0.4, -0.2) is 26.8 Å². The molecule has 0 atom stereocenters. The molecule has 0 unspecified atom stereocenters. The van der Waals surface area contributed by atoms with E-state index in [0.717, 1.165) is 11.1 Å². The van der Waals surface area contributed by atoms with Gasteiger partial charge in [0.15, 0.2) is 5.76 Å². The lowest BCUT2D eigenvalue weighted by Gasteiger charge is -2.04. The number of para-hydroxylation sites is 2. The van der Waals surface area contributed by atoms with Gasteiger partial charge in [0, 0.05) is 22.8 Å². The molecule has 2 N–H and O–H groups in total. The average Bonchev–Trinajstić information content (AvgIpc) is 3.52. The van der Waals surface area contributed by atoms with E-state index in [1.54, 1.807) is 10.9 Å². The quantitative estimate of drug-likeness (QED) is 0.247. The van der Waals surface area contributed by atoms with Crippen LogP contribution in [-0.2, 0) is 4.79 Å². The molecule has 0 saturated carbocycles. The molecular formula is C28H18N4O4. The van der Waals surface area contributed by atoms with Crippen molar-refractivity contribution in [3.8, 4) is 23.2 Å². The van der Waals surface area contributed by atoms with Crippen LogP contribution in [0, 0.1) is 11.3 Å². The summed E-state index contributed by atoms with van der Waals surface area (Å²) in [6.45, 7) is 0. The summed E-state index contributed by atoms with van der Waals surface area (Å²) in [5.74, 6) is -1.21. The Morgan fingerprint density at radius 3 is 2.42 bits per heavy atom. The van der Waals surface area contributed by atoms with Gasteiger partial charge in [-0.15, -0.1) is 0 Å². The molecule has 8 heteroatoms. The number of carboxylic acid groups (broad SMARTS) is 1. The van der Waals surface area contributed by atoms with Crippen LogP contribution in [0.3, 0.4) is 0 Å². The van der Waals surface area contributed by atoms with Crippen molar-refractivity contribution in [2.45, 2.75) is 0 Å². The zero-order valence-electron chi connectivity index (χ0n) is 18.8. The highest BCUT2D eigenvalue weighted by molar-refractivity contribution is 6.10. The number of carboxylic acids is 1. The third-order valence-electron chi connectivity index (χ3n) is 5.48. The second kappa shape index (κ2) is 9.44. The number of carbonyl (C=O) groups excluding carboxylic acids is 1. The number of furan rings is 1. The molecule has 0 radical (unpaired) electrons. The lowest BCUT2D eigenvalue weighted by atomic mass is 10.1. The van der Waals surface area contributed by atoms with Crippen molar-refractivity contribution in [1.82, 2.24) is 9.78 Å². The largest absolute Gasteiger partial charge is 0.478 e. The molecule has 3 aromatic carbocycles. The summed E-state index contributed by atoms with van der Waals surface area (Å²) in [4.78, 5) is 23.9. The van der Waals surface area contributed by atoms with Gasteiger partial charge in [-0.25, -0.2) is 9.48 Å². The van der Waals surface area contributed by atoms with Crippen LogP contribution >= 0.6 is 0 Å². The van der Waals surface area contributed by atoms with Gasteiger partial charge < -0.3 is 14.8 Å². The van der Waals surface area contributed by atoms with Gasteiger partial charge in [-0.1, -0.05) is 36.4 Å². The molecule has 0 spiro atoms. The molecular weight excluding hydrogens is 456 g/mol. The van der Waals surface area contributed by atoms with E-state index < -0.39 is 11.9 Å². The Balaban J connectivity index is 1.53. The first-order valence-electron chi connectivity index (χ1n) is 10.9. The van der Waals surface area contributed by atoms with Crippen molar-refractivity contribution in [1.29, 1.82) is 5.26 Å². The highest BCUT2D eigenvalue weighted by Gasteiger charge is 2.18. The van der Waals surface area contributed by atoms with Crippen LogP contribution < -0.4 is 5.32 Å². The van der Waals surface area contributed by atoms with Gasteiger partial charge in [-0.05, 0) is 54.6 Å². The predicted molar refractivity (Wildman–Crippen MR) is 134 cm³/mol. The summed E-state index contributed by atoms with van der Waals surface area (Å²) >= 11 is 0. The first-order chi connectivity index (χ1) is 17.5. The number of nitrogens with zero attached hydrogens (tertiary/aromatic N) is 3. The number of aromatic carboxylic acids is 1. The third kappa shape index (κ3) is 4.49. The number of anilines is 1. The third-order valence-corrected chi connectivity index (χ3v) is 5.48. The smallest absolute Gasteiger partial charge is 0.335 e. The summed E-state index contributed by atoms with van der Waals surface area (Å²) in [6.07, 6.45) is 3.18. The van der Waals surface area contributed by atoms with Crippen molar-refractivity contribution in [3.63, 3.8) is 0 Å². The average molecular weight is 474 g/mol. The van der Waals surface area contributed by atoms with E-state index in [1.807, 2.05) is 66.7 Å². The van der Waals surface area contributed by atoms with Crippen molar-refractivity contribution < 1.29 is 19.1 Å². The van der Waals surface area contributed by atoms with Crippen molar-refractivity contribution in [3.05, 3.63) is 108 Å².